The van der Waals surface area contributed by atoms with Crippen molar-refractivity contribution in [3.05, 3.63) is 29.8 Å². The zero-order chi connectivity index (χ0) is 17.5. The summed E-state index contributed by atoms with van der Waals surface area (Å²) in [5.74, 6) is 0.782. The fourth-order valence-corrected chi connectivity index (χ4v) is 4.46. The van der Waals surface area contributed by atoms with Crippen LogP contribution in [0.2, 0.25) is 0 Å². The molecule has 0 saturated heterocycles. The van der Waals surface area contributed by atoms with E-state index in [1.54, 1.807) is 24.3 Å². The van der Waals surface area contributed by atoms with Gasteiger partial charge in [-0.05, 0) is 54.4 Å². The molecular formula is C20H26O4. The number of aromatic hydroxyl groups is 1. The van der Waals surface area contributed by atoms with Crippen molar-refractivity contribution in [1.82, 2.24) is 0 Å². The van der Waals surface area contributed by atoms with Crippen LogP contribution in [-0.4, -0.2) is 24.3 Å². The number of hydrogen-bond donors (Lipinski definition) is 1. The molecule has 4 heteroatoms. The van der Waals surface area contributed by atoms with Gasteiger partial charge < -0.3 is 14.6 Å². The predicted molar refractivity (Wildman–Crippen MR) is 92.8 cm³/mol. The highest BCUT2D eigenvalue weighted by molar-refractivity contribution is 5.87. The summed E-state index contributed by atoms with van der Waals surface area (Å²) in [5, 5.41) is 9.77. The van der Waals surface area contributed by atoms with Crippen molar-refractivity contribution < 1.29 is 19.4 Å². The van der Waals surface area contributed by atoms with Crippen molar-refractivity contribution in [3.63, 3.8) is 0 Å². The fourth-order valence-electron chi connectivity index (χ4n) is 4.46. The molecule has 0 amide bonds. The Morgan fingerprint density at radius 1 is 1.33 bits per heavy atom. The molecule has 0 aromatic heterocycles. The molecule has 0 radical (unpaired) electrons. The lowest BCUT2D eigenvalue weighted by atomic mass is 9.70. The lowest BCUT2D eigenvalue weighted by Crippen LogP contribution is -2.38. The summed E-state index contributed by atoms with van der Waals surface area (Å²) < 4.78 is 10.8. The van der Waals surface area contributed by atoms with Crippen molar-refractivity contribution >= 4 is 12.0 Å². The Kier molecular flexibility index (Phi) is 4.10. The molecule has 2 saturated carbocycles. The Labute approximate surface area is 143 Å². The van der Waals surface area contributed by atoms with Crippen molar-refractivity contribution in [2.75, 3.05) is 7.11 Å². The Balaban J connectivity index is 1.65. The molecule has 2 aliphatic carbocycles. The van der Waals surface area contributed by atoms with E-state index in [1.807, 2.05) is 0 Å². The summed E-state index contributed by atoms with van der Waals surface area (Å²) in [6, 6.07) is 5.01. The molecule has 1 N–H and O–H groups in total. The van der Waals surface area contributed by atoms with Crippen molar-refractivity contribution in [2.24, 2.45) is 16.7 Å². The summed E-state index contributed by atoms with van der Waals surface area (Å²) in [4.78, 5) is 12.2. The molecule has 0 aliphatic heterocycles. The standard InChI is InChI=1S/C20H26O4/c1-19(2)14-9-10-20(19,3)17(12-14)24-18(22)8-6-13-5-7-16(23-4)15(21)11-13/h5-8,11,14,17,21H,9-10,12H2,1-4H3. The van der Waals surface area contributed by atoms with Gasteiger partial charge >= 0.3 is 5.97 Å². The summed E-state index contributed by atoms with van der Waals surface area (Å²) in [6.45, 7) is 6.85. The second-order valence-electron chi connectivity index (χ2n) is 7.80. The number of phenolic OH excluding ortho intramolecular Hbond substituents is 1. The van der Waals surface area contributed by atoms with E-state index in [4.69, 9.17) is 9.47 Å². The highest BCUT2D eigenvalue weighted by Crippen LogP contribution is 2.66. The van der Waals surface area contributed by atoms with Gasteiger partial charge in [-0.1, -0.05) is 26.8 Å². The molecule has 4 nitrogen and oxygen atoms in total. The zero-order valence-electron chi connectivity index (χ0n) is 14.8. The predicted octanol–water partition coefficient (Wildman–Crippen LogP) is 4.17. The van der Waals surface area contributed by atoms with Gasteiger partial charge in [0.15, 0.2) is 11.5 Å². The lowest BCUT2D eigenvalue weighted by Gasteiger charge is -2.38. The average molecular weight is 330 g/mol. The maximum Gasteiger partial charge on any atom is 0.331 e. The van der Waals surface area contributed by atoms with Crippen LogP contribution in [0.3, 0.4) is 0 Å². The second-order valence-corrected chi connectivity index (χ2v) is 7.80. The number of fused-ring (bicyclic) bond motifs is 2. The van der Waals surface area contributed by atoms with E-state index in [-0.39, 0.29) is 28.7 Å². The normalized spacial score (nSPS) is 30.7. The van der Waals surface area contributed by atoms with Gasteiger partial charge in [0, 0.05) is 11.5 Å². The maximum atomic E-state index is 12.2. The van der Waals surface area contributed by atoms with E-state index < -0.39 is 0 Å². The number of carbonyl (C=O) groups excluding carboxylic acids is 1. The fraction of sp³-hybridized carbons (Fsp3) is 0.550. The van der Waals surface area contributed by atoms with Crippen LogP contribution in [-0.2, 0) is 9.53 Å². The number of methoxy groups -OCH3 is 1. The van der Waals surface area contributed by atoms with Gasteiger partial charge in [0.25, 0.3) is 0 Å². The van der Waals surface area contributed by atoms with E-state index in [0.717, 1.165) is 18.4 Å². The average Bonchev–Trinajstić information content (AvgIpc) is 2.86. The number of hydrogen-bond acceptors (Lipinski definition) is 4. The van der Waals surface area contributed by atoms with Gasteiger partial charge in [0.05, 0.1) is 7.11 Å². The Hall–Kier alpha value is -1.97. The van der Waals surface area contributed by atoms with Gasteiger partial charge in [-0.2, -0.15) is 0 Å². The molecule has 1 aromatic rings. The third-order valence-corrected chi connectivity index (χ3v) is 6.59. The van der Waals surface area contributed by atoms with E-state index >= 15 is 0 Å². The van der Waals surface area contributed by atoms with Crippen LogP contribution in [0.4, 0.5) is 0 Å². The van der Waals surface area contributed by atoms with Crippen molar-refractivity contribution in [1.29, 1.82) is 0 Å². The number of esters is 1. The van der Waals surface area contributed by atoms with Gasteiger partial charge in [-0.15, -0.1) is 0 Å². The first-order valence-electron chi connectivity index (χ1n) is 8.53. The molecule has 0 spiro atoms. The van der Waals surface area contributed by atoms with E-state index in [9.17, 15) is 9.90 Å². The third kappa shape index (κ3) is 2.58. The minimum atomic E-state index is -0.320. The second kappa shape index (κ2) is 5.83. The number of benzene rings is 1. The number of phenols is 1. The molecule has 2 fully saturated rings. The molecule has 3 unspecified atom stereocenters. The highest BCUT2D eigenvalue weighted by Gasteiger charge is 2.62. The SMILES string of the molecule is COc1ccc(C=CC(=O)OC2CC3CCC2(C)C3(C)C)cc1O. The zero-order valence-corrected chi connectivity index (χ0v) is 14.8. The number of ether oxygens (including phenoxy) is 2. The van der Waals surface area contributed by atoms with Crippen molar-refractivity contribution in [3.8, 4) is 11.5 Å². The van der Waals surface area contributed by atoms with E-state index in [1.165, 1.54) is 19.6 Å². The summed E-state index contributed by atoms with van der Waals surface area (Å²) >= 11 is 0. The first-order chi connectivity index (χ1) is 11.3. The summed E-state index contributed by atoms with van der Waals surface area (Å²) in [6.07, 6.45) is 6.41. The quantitative estimate of drug-likeness (QED) is 0.665. The van der Waals surface area contributed by atoms with Gasteiger partial charge in [-0.3, -0.25) is 0 Å². The molecule has 2 aliphatic rings. The molecule has 3 rings (SSSR count). The van der Waals surface area contributed by atoms with Crippen LogP contribution in [0.15, 0.2) is 24.3 Å². The largest absolute Gasteiger partial charge is 0.504 e. The Bertz CT molecular complexity index is 676. The topological polar surface area (TPSA) is 55.8 Å². The van der Waals surface area contributed by atoms with Crippen LogP contribution in [0, 0.1) is 16.7 Å². The molecule has 130 valence electrons. The minimum absolute atomic E-state index is 0.00679. The molecule has 0 heterocycles. The van der Waals surface area contributed by atoms with Gasteiger partial charge in [0.2, 0.25) is 0 Å². The maximum absolute atomic E-state index is 12.2. The molecule has 3 atom stereocenters. The first-order valence-corrected chi connectivity index (χ1v) is 8.53. The minimum Gasteiger partial charge on any atom is -0.504 e. The summed E-state index contributed by atoms with van der Waals surface area (Å²) in [7, 11) is 1.50. The van der Waals surface area contributed by atoms with E-state index in [0.29, 0.717) is 11.7 Å². The van der Waals surface area contributed by atoms with Crippen LogP contribution < -0.4 is 4.74 Å². The van der Waals surface area contributed by atoms with Crippen molar-refractivity contribution in [2.45, 2.75) is 46.1 Å². The molecule has 2 bridgehead atoms. The van der Waals surface area contributed by atoms with Crippen LogP contribution >= 0.6 is 0 Å². The summed E-state index contributed by atoms with van der Waals surface area (Å²) in [5.41, 5.74) is 1.02. The van der Waals surface area contributed by atoms with E-state index in [2.05, 4.69) is 20.8 Å². The van der Waals surface area contributed by atoms with Crippen LogP contribution in [0.25, 0.3) is 6.08 Å². The Morgan fingerprint density at radius 2 is 2.08 bits per heavy atom. The Morgan fingerprint density at radius 3 is 2.62 bits per heavy atom. The highest BCUT2D eigenvalue weighted by atomic mass is 16.5. The van der Waals surface area contributed by atoms with Crippen LogP contribution in [0.5, 0.6) is 11.5 Å². The monoisotopic (exact) mass is 330 g/mol. The smallest absolute Gasteiger partial charge is 0.331 e. The molecule has 1 aromatic carbocycles. The molecule has 24 heavy (non-hydrogen) atoms. The molecular weight excluding hydrogens is 304 g/mol. The van der Waals surface area contributed by atoms with Gasteiger partial charge in [0.1, 0.15) is 6.10 Å². The number of rotatable bonds is 4. The van der Waals surface area contributed by atoms with Gasteiger partial charge in [-0.25, -0.2) is 4.79 Å². The third-order valence-electron chi connectivity index (χ3n) is 6.59. The first kappa shape index (κ1) is 16.9. The lowest BCUT2D eigenvalue weighted by molar-refractivity contribution is -0.150. The number of carbonyl (C=O) groups is 1. The van der Waals surface area contributed by atoms with Crippen LogP contribution in [0.1, 0.15) is 45.6 Å².